The summed E-state index contributed by atoms with van der Waals surface area (Å²) in [5.74, 6) is 0.173. The van der Waals surface area contributed by atoms with Crippen LogP contribution >= 0.6 is 11.8 Å². The van der Waals surface area contributed by atoms with Gasteiger partial charge in [0.1, 0.15) is 6.04 Å². The van der Waals surface area contributed by atoms with E-state index in [1.54, 1.807) is 11.8 Å². The van der Waals surface area contributed by atoms with E-state index in [1.165, 1.54) is 5.69 Å². The first-order valence-corrected chi connectivity index (χ1v) is 11.1. The maximum Gasteiger partial charge on any atom is 0.245 e. The zero-order chi connectivity index (χ0) is 20.4. The Hall–Kier alpha value is -2.47. The number of anilines is 1. The number of benzene rings is 2. The van der Waals surface area contributed by atoms with Crippen LogP contribution in [0.3, 0.4) is 0 Å². The van der Waals surface area contributed by atoms with Crippen molar-refractivity contribution in [2.45, 2.75) is 37.2 Å². The van der Waals surface area contributed by atoms with Gasteiger partial charge in [-0.2, -0.15) is 0 Å². The number of hydrogen-bond acceptors (Lipinski definition) is 4. The number of para-hydroxylation sites is 3. The van der Waals surface area contributed by atoms with Crippen LogP contribution in [0, 0.1) is 0 Å². The molecule has 1 aromatic heterocycles. The van der Waals surface area contributed by atoms with E-state index in [0.717, 1.165) is 42.4 Å². The number of hydrogen-bond donors (Lipinski definition) is 0. The van der Waals surface area contributed by atoms with Crippen LogP contribution in [0.15, 0.2) is 59.8 Å². The zero-order valence-electron chi connectivity index (χ0n) is 17.3. The molecule has 152 valence electrons. The van der Waals surface area contributed by atoms with Crippen molar-refractivity contribution in [3.05, 3.63) is 54.6 Å². The summed E-state index contributed by atoms with van der Waals surface area (Å²) in [6.07, 6.45) is 0. The lowest BCUT2D eigenvalue weighted by Gasteiger charge is -2.37. The van der Waals surface area contributed by atoms with Gasteiger partial charge in [0.2, 0.25) is 5.91 Å². The second kappa shape index (κ2) is 8.49. The maximum atomic E-state index is 13.4. The number of fused-ring (bicyclic) bond motifs is 1. The van der Waals surface area contributed by atoms with Gasteiger partial charge >= 0.3 is 0 Å². The van der Waals surface area contributed by atoms with Gasteiger partial charge < -0.3 is 14.4 Å². The van der Waals surface area contributed by atoms with E-state index in [0.29, 0.717) is 5.25 Å². The van der Waals surface area contributed by atoms with Crippen LogP contribution in [0.2, 0.25) is 0 Å². The summed E-state index contributed by atoms with van der Waals surface area (Å²) in [4.78, 5) is 22.5. The fraction of sp³-hybridized carbons (Fsp3) is 0.391. The summed E-state index contributed by atoms with van der Waals surface area (Å²) < 4.78 is 2.12. The molecule has 1 fully saturated rings. The minimum absolute atomic E-state index is 0.173. The summed E-state index contributed by atoms with van der Waals surface area (Å²) in [7, 11) is 0. The van der Waals surface area contributed by atoms with Crippen molar-refractivity contribution < 1.29 is 4.79 Å². The summed E-state index contributed by atoms with van der Waals surface area (Å²) in [6.45, 7) is 9.54. The van der Waals surface area contributed by atoms with Crippen molar-refractivity contribution >= 4 is 34.4 Å². The summed E-state index contributed by atoms with van der Waals surface area (Å²) in [6, 6.07) is 18.2. The third kappa shape index (κ3) is 4.13. The Morgan fingerprint density at radius 1 is 0.931 bits per heavy atom. The standard InChI is InChI=1S/C23H28N4OS/c1-17(2)29-23-24-20-11-7-8-12-21(20)27(23)18(3)22(28)26-15-13-25(14-16-26)19-9-5-4-6-10-19/h4-12,17-18H,13-16H2,1-3H3/t18-/m1/s1. The maximum absolute atomic E-state index is 13.4. The average molecular weight is 409 g/mol. The van der Waals surface area contributed by atoms with E-state index in [9.17, 15) is 4.79 Å². The molecule has 0 radical (unpaired) electrons. The number of aromatic nitrogens is 2. The minimum atomic E-state index is -0.271. The van der Waals surface area contributed by atoms with Crippen molar-refractivity contribution in [1.82, 2.24) is 14.5 Å². The smallest absolute Gasteiger partial charge is 0.245 e. The van der Waals surface area contributed by atoms with Gasteiger partial charge in [0.05, 0.1) is 11.0 Å². The van der Waals surface area contributed by atoms with Gasteiger partial charge in [0.15, 0.2) is 5.16 Å². The van der Waals surface area contributed by atoms with Crippen LogP contribution in [0.4, 0.5) is 5.69 Å². The van der Waals surface area contributed by atoms with Gasteiger partial charge in [0.25, 0.3) is 0 Å². The molecule has 29 heavy (non-hydrogen) atoms. The topological polar surface area (TPSA) is 41.4 Å². The molecule has 5 nitrogen and oxygen atoms in total. The average Bonchev–Trinajstić information content (AvgIpc) is 3.10. The largest absolute Gasteiger partial charge is 0.368 e. The van der Waals surface area contributed by atoms with Gasteiger partial charge in [-0.15, -0.1) is 0 Å². The fourth-order valence-corrected chi connectivity index (χ4v) is 4.83. The Bertz CT molecular complexity index is 977. The fourth-order valence-electron chi connectivity index (χ4n) is 3.89. The van der Waals surface area contributed by atoms with Crippen molar-refractivity contribution in [3.63, 3.8) is 0 Å². The second-order valence-electron chi connectivity index (χ2n) is 7.74. The lowest BCUT2D eigenvalue weighted by Crippen LogP contribution is -2.50. The van der Waals surface area contributed by atoms with Crippen LogP contribution < -0.4 is 4.90 Å². The number of rotatable bonds is 5. The predicted octanol–water partition coefficient (Wildman–Crippen LogP) is 4.45. The number of piperazine rings is 1. The first-order chi connectivity index (χ1) is 14.0. The first-order valence-electron chi connectivity index (χ1n) is 10.3. The van der Waals surface area contributed by atoms with Crippen LogP contribution in [0.25, 0.3) is 11.0 Å². The molecule has 0 saturated carbocycles. The molecular formula is C23H28N4OS. The molecule has 1 atom stereocenters. The van der Waals surface area contributed by atoms with E-state index >= 15 is 0 Å². The number of carbonyl (C=O) groups is 1. The molecule has 2 heterocycles. The van der Waals surface area contributed by atoms with Gasteiger partial charge in [0, 0.05) is 37.1 Å². The second-order valence-corrected chi connectivity index (χ2v) is 9.29. The zero-order valence-corrected chi connectivity index (χ0v) is 18.1. The quantitative estimate of drug-likeness (QED) is 0.585. The molecule has 2 aromatic carbocycles. The molecule has 3 aromatic rings. The third-order valence-electron chi connectivity index (χ3n) is 5.36. The molecule has 1 aliphatic heterocycles. The molecule has 0 spiro atoms. The van der Waals surface area contributed by atoms with Gasteiger partial charge in [-0.25, -0.2) is 4.98 Å². The molecule has 0 unspecified atom stereocenters. The highest BCUT2D eigenvalue weighted by atomic mass is 32.2. The van der Waals surface area contributed by atoms with Crippen LogP contribution in [0.5, 0.6) is 0 Å². The molecule has 0 N–H and O–H groups in total. The van der Waals surface area contributed by atoms with E-state index < -0.39 is 0 Å². The normalized spacial score (nSPS) is 15.9. The van der Waals surface area contributed by atoms with E-state index in [1.807, 2.05) is 36.1 Å². The molecule has 1 saturated heterocycles. The minimum Gasteiger partial charge on any atom is -0.368 e. The van der Waals surface area contributed by atoms with E-state index in [-0.39, 0.29) is 11.9 Å². The number of nitrogens with zero attached hydrogens (tertiary/aromatic N) is 4. The van der Waals surface area contributed by atoms with Crippen LogP contribution in [-0.4, -0.2) is 51.8 Å². The molecule has 1 amide bonds. The lowest BCUT2D eigenvalue weighted by atomic mass is 10.2. The van der Waals surface area contributed by atoms with Crippen molar-refractivity contribution in [1.29, 1.82) is 0 Å². The van der Waals surface area contributed by atoms with Crippen molar-refractivity contribution in [3.8, 4) is 0 Å². The number of imidazole rings is 1. The highest BCUT2D eigenvalue weighted by molar-refractivity contribution is 7.99. The Balaban J connectivity index is 1.53. The summed E-state index contributed by atoms with van der Waals surface area (Å²) in [5, 5.41) is 1.33. The van der Waals surface area contributed by atoms with Gasteiger partial charge in [-0.05, 0) is 31.2 Å². The number of amides is 1. The number of thioether (sulfide) groups is 1. The molecular weight excluding hydrogens is 380 g/mol. The van der Waals surface area contributed by atoms with E-state index in [2.05, 4.69) is 53.6 Å². The molecule has 4 rings (SSSR count). The van der Waals surface area contributed by atoms with Gasteiger partial charge in [-0.3, -0.25) is 4.79 Å². The third-order valence-corrected chi connectivity index (χ3v) is 6.33. The Morgan fingerprint density at radius 2 is 1.59 bits per heavy atom. The molecule has 6 heteroatoms. The first kappa shape index (κ1) is 19.8. The number of carbonyl (C=O) groups excluding carboxylic acids is 1. The monoisotopic (exact) mass is 408 g/mol. The Kier molecular flexibility index (Phi) is 5.81. The van der Waals surface area contributed by atoms with Crippen molar-refractivity contribution in [2.24, 2.45) is 0 Å². The highest BCUT2D eigenvalue weighted by Gasteiger charge is 2.28. The van der Waals surface area contributed by atoms with Crippen molar-refractivity contribution in [2.75, 3.05) is 31.1 Å². The van der Waals surface area contributed by atoms with Crippen LogP contribution in [0.1, 0.15) is 26.8 Å². The highest BCUT2D eigenvalue weighted by Crippen LogP contribution is 2.31. The molecule has 1 aliphatic rings. The van der Waals surface area contributed by atoms with E-state index in [4.69, 9.17) is 4.98 Å². The SMILES string of the molecule is CC(C)Sc1nc2ccccc2n1[C@H](C)C(=O)N1CCN(c2ccccc2)CC1. The predicted molar refractivity (Wildman–Crippen MR) is 121 cm³/mol. The summed E-state index contributed by atoms with van der Waals surface area (Å²) >= 11 is 1.71. The molecule has 0 bridgehead atoms. The van der Waals surface area contributed by atoms with Gasteiger partial charge in [-0.1, -0.05) is 55.9 Å². The lowest BCUT2D eigenvalue weighted by molar-refractivity contribution is -0.134. The summed E-state index contributed by atoms with van der Waals surface area (Å²) in [5.41, 5.74) is 3.20. The van der Waals surface area contributed by atoms with Crippen LogP contribution in [-0.2, 0) is 4.79 Å². The Morgan fingerprint density at radius 3 is 2.28 bits per heavy atom. The Labute approximate surface area is 176 Å². The molecule has 0 aliphatic carbocycles.